The molecular formula is C19H28N2O4. The molecule has 138 valence electrons. The molecule has 0 saturated carbocycles. The van der Waals surface area contributed by atoms with Crippen LogP contribution < -0.4 is 5.32 Å². The highest BCUT2D eigenvalue weighted by molar-refractivity contribution is 5.70. The molecule has 0 radical (unpaired) electrons. The topological polar surface area (TPSA) is 67.9 Å². The molecule has 6 nitrogen and oxygen atoms in total. The second-order valence-electron chi connectivity index (χ2n) is 7.37. The average Bonchev–Trinajstić information content (AvgIpc) is 2.54. The molecule has 1 aromatic carbocycles. The molecule has 25 heavy (non-hydrogen) atoms. The second-order valence-corrected chi connectivity index (χ2v) is 7.37. The summed E-state index contributed by atoms with van der Waals surface area (Å²) in [6.07, 6.45) is 0.810. The summed E-state index contributed by atoms with van der Waals surface area (Å²) < 4.78 is 10.7. The molecule has 1 aliphatic heterocycles. The Morgan fingerprint density at radius 1 is 1.24 bits per heavy atom. The Morgan fingerprint density at radius 2 is 1.92 bits per heavy atom. The third-order valence-electron chi connectivity index (χ3n) is 4.13. The lowest BCUT2D eigenvalue weighted by molar-refractivity contribution is 0.0371. The maximum absolute atomic E-state index is 12.4. The van der Waals surface area contributed by atoms with Gasteiger partial charge in [-0.1, -0.05) is 30.3 Å². The fourth-order valence-electron chi connectivity index (χ4n) is 2.86. The van der Waals surface area contributed by atoms with Crippen molar-refractivity contribution in [1.29, 1.82) is 0 Å². The number of nitrogens with one attached hydrogen (secondary N) is 1. The van der Waals surface area contributed by atoms with Crippen molar-refractivity contribution >= 4 is 12.2 Å². The molecule has 2 atom stereocenters. The number of ether oxygens (including phenoxy) is 2. The van der Waals surface area contributed by atoms with Crippen LogP contribution in [0.5, 0.6) is 0 Å². The van der Waals surface area contributed by atoms with E-state index in [4.69, 9.17) is 9.47 Å². The fourth-order valence-corrected chi connectivity index (χ4v) is 2.86. The summed E-state index contributed by atoms with van der Waals surface area (Å²) in [5.74, 6) is 0. The van der Waals surface area contributed by atoms with E-state index in [-0.39, 0.29) is 24.8 Å². The molecule has 1 aliphatic rings. The van der Waals surface area contributed by atoms with E-state index >= 15 is 0 Å². The van der Waals surface area contributed by atoms with Crippen molar-refractivity contribution in [3.8, 4) is 0 Å². The molecule has 1 N–H and O–H groups in total. The Balaban J connectivity index is 1.88. The van der Waals surface area contributed by atoms with E-state index in [2.05, 4.69) is 5.32 Å². The number of piperidine rings is 1. The number of amides is 2. The van der Waals surface area contributed by atoms with Gasteiger partial charge >= 0.3 is 12.2 Å². The first kappa shape index (κ1) is 19.1. The van der Waals surface area contributed by atoms with Crippen LogP contribution in [-0.2, 0) is 16.1 Å². The lowest BCUT2D eigenvalue weighted by atomic mass is 9.98. The third-order valence-corrected chi connectivity index (χ3v) is 4.13. The Labute approximate surface area is 149 Å². The predicted octanol–water partition coefficient (Wildman–Crippen LogP) is 3.70. The van der Waals surface area contributed by atoms with E-state index in [1.165, 1.54) is 0 Å². The zero-order chi connectivity index (χ0) is 18.4. The van der Waals surface area contributed by atoms with E-state index in [0.717, 1.165) is 18.4 Å². The van der Waals surface area contributed by atoms with Gasteiger partial charge in [0.15, 0.2) is 0 Å². The van der Waals surface area contributed by atoms with E-state index in [1.54, 1.807) is 4.90 Å². The van der Waals surface area contributed by atoms with Gasteiger partial charge in [0.1, 0.15) is 12.2 Å². The van der Waals surface area contributed by atoms with Gasteiger partial charge in [-0.15, -0.1) is 0 Å². The second kappa shape index (κ2) is 8.23. The van der Waals surface area contributed by atoms with Gasteiger partial charge in [0.05, 0.1) is 12.1 Å². The summed E-state index contributed by atoms with van der Waals surface area (Å²) in [5.41, 5.74) is 0.403. The number of hydrogen-bond donors (Lipinski definition) is 1. The molecule has 2 amide bonds. The molecule has 1 saturated heterocycles. The Hall–Kier alpha value is -2.24. The highest BCUT2D eigenvalue weighted by Gasteiger charge is 2.33. The molecule has 2 rings (SSSR count). The minimum atomic E-state index is -0.545. The number of likely N-dealkylation sites (tertiary alicyclic amines) is 1. The molecule has 0 bridgehead atoms. The van der Waals surface area contributed by atoms with Gasteiger partial charge in [-0.2, -0.15) is 0 Å². The van der Waals surface area contributed by atoms with E-state index < -0.39 is 11.7 Å². The van der Waals surface area contributed by atoms with Gasteiger partial charge in [0.2, 0.25) is 0 Å². The molecule has 1 fully saturated rings. The summed E-state index contributed by atoms with van der Waals surface area (Å²) >= 11 is 0. The lowest BCUT2D eigenvalue weighted by Crippen LogP contribution is -2.56. The van der Waals surface area contributed by atoms with Crippen LogP contribution in [0.4, 0.5) is 9.59 Å². The molecule has 1 unspecified atom stereocenters. The van der Waals surface area contributed by atoms with E-state index in [9.17, 15) is 9.59 Å². The number of hydrogen-bond acceptors (Lipinski definition) is 4. The highest BCUT2D eigenvalue weighted by atomic mass is 16.6. The number of nitrogens with zero attached hydrogens (tertiary/aromatic N) is 1. The van der Waals surface area contributed by atoms with Crippen molar-refractivity contribution < 1.29 is 19.1 Å². The van der Waals surface area contributed by atoms with Gasteiger partial charge in [-0.3, -0.25) is 0 Å². The maximum Gasteiger partial charge on any atom is 0.410 e. The first-order valence-corrected chi connectivity index (χ1v) is 8.73. The smallest absolute Gasteiger partial charge is 0.410 e. The largest absolute Gasteiger partial charge is 0.445 e. The highest BCUT2D eigenvalue weighted by Crippen LogP contribution is 2.20. The zero-order valence-corrected chi connectivity index (χ0v) is 15.5. The van der Waals surface area contributed by atoms with Gasteiger partial charge in [-0.05, 0) is 46.1 Å². The van der Waals surface area contributed by atoms with Crippen molar-refractivity contribution in [2.45, 2.75) is 64.8 Å². The van der Waals surface area contributed by atoms with Gasteiger partial charge in [-0.25, -0.2) is 9.59 Å². The van der Waals surface area contributed by atoms with Crippen molar-refractivity contribution in [3.05, 3.63) is 35.9 Å². The average molecular weight is 348 g/mol. The molecule has 1 aromatic rings. The summed E-state index contributed by atoms with van der Waals surface area (Å²) in [5, 5.41) is 2.87. The van der Waals surface area contributed by atoms with Crippen molar-refractivity contribution in [2.75, 3.05) is 6.54 Å². The normalized spacial score (nSPS) is 20.7. The Bertz CT molecular complexity index is 583. The van der Waals surface area contributed by atoms with E-state index in [0.29, 0.717) is 6.54 Å². The fraction of sp³-hybridized carbons (Fsp3) is 0.579. The molecule has 1 heterocycles. The summed E-state index contributed by atoms with van der Waals surface area (Å²) in [6.45, 7) is 8.26. The molecule has 0 aromatic heterocycles. The van der Waals surface area contributed by atoms with Gasteiger partial charge in [0.25, 0.3) is 0 Å². The lowest BCUT2D eigenvalue weighted by Gasteiger charge is -2.39. The summed E-state index contributed by atoms with van der Waals surface area (Å²) in [6, 6.07) is 9.28. The molecule has 6 heteroatoms. The summed E-state index contributed by atoms with van der Waals surface area (Å²) in [7, 11) is 0. The first-order chi connectivity index (χ1) is 11.8. The maximum atomic E-state index is 12.4. The quantitative estimate of drug-likeness (QED) is 0.904. The monoisotopic (exact) mass is 348 g/mol. The Kier molecular flexibility index (Phi) is 6.28. The Morgan fingerprint density at radius 3 is 2.56 bits per heavy atom. The van der Waals surface area contributed by atoms with Crippen LogP contribution in [0.25, 0.3) is 0 Å². The number of benzene rings is 1. The number of carbonyl (C=O) groups excluding carboxylic acids is 2. The minimum Gasteiger partial charge on any atom is -0.445 e. The molecule has 0 spiro atoms. The molecule has 0 aliphatic carbocycles. The summed E-state index contributed by atoms with van der Waals surface area (Å²) in [4.78, 5) is 26.1. The van der Waals surface area contributed by atoms with Crippen LogP contribution in [-0.4, -0.2) is 41.3 Å². The number of carbonyl (C=O) groups is 2. The zero-order valence-electron chi connectivity index (χ0n) is 15.5. The van der Waals surface area contributed by atoms with Crippen LogP contribution in [0.1, 0.15) is 46.1 Å². The third kappa shape index (κ3) is 5.96. The van der Waals surface area contributed by atoms with Crippen LogP contribution in [0.15, 0.2) is 30.3 Å². The standard InChI is InChI=1S/C19H28N2O4/c1-14-16(20-17(22)25-19(2,3)4)11-8-12-21(14)18(23)24-13-15-9-6-5-7-10-15/h5-7,9-10,14,16H,8,11-13H2,1-4H3,(H,20,22)/t14-,16?/m1/s1. The van der Waals surface area contributed by atoms with Crippen LogP contribution in [0.3, 0.4) is 0 Å². The predicted molar refractivity (Wildman–Crippen MR) is 95.2 cm³/mol. The van der Waals surface area contributed by atoms with Crippen LogP contribution in [0.2, 0.25) is 0 Å². The number of alkyl carbamates (subject to hydrolysis) is 1. The van der Waals surface area contributed by atoms with Crippen molar-refractivity contribution in [3.63, 3.8) is 0 Å². The van der Waals surface area contributed by atoms with Gasteiger partial charge in [0, 0.05) is 6.54 Å². The van der Waals surface area contributed by atoms with Crippen molar-refractivity contribution in [2.24, 2.45) is 0 Å². The minimum absolute atomic E-state index is 0.145. The van der Waals surface area contributed by atoms with Crippen molar-refractivity contribution in [1.82, 2.24) is 10.2 Å². The van der Waals surface area contributed by atoms with Gasteiger partial charge < -0.3 is 19.7 Å². The van der Waals surface area contributed by atoms with Crippen LogP contribution >= 0.6 is 0 Å². The van der Waals surface area contributed by atoms with Crippen LogP contribution in [0, 0.1) is 0 Å². The van der Waals surface area contributed by atoms with E-state index in [1.807, 2.05) is 58.0 Å². The number of rotatable bonds is 3. The molecular weight excluding hydrogens is 320 g/mol. The first-order valence-electron chi connectivity index (χ1n) is 8.73. The SMILES string of the molecule is C[C@@H]1C(NC(=O)OC(C)(C)C)CCCN1C(=O)OCc1ccccc1.